The van der Waals surface area contributed by atoms with Crippen LogP contribution in [0.5, 0.6) is 0 Å². The summed E-state index contributed by atoms with van der Waals surface area (Å²) in [6.45, 7) is -0.352. The second-order valence-electron chi connectivity index (χ2n) is 7.21. The van der Waals surface area contributed by atoms with Crippen LogP contribution in [0.3, 0.4) is 0 Å². The molecule has 12 heteroatoms. The maximum Gasteiger partial charge on any atom is 0.331 e. The molecular weight excluding hydrogens is 451 g/mol. The Morgan fingerprint density at radius 1 is 1.32 bits per heavy atom. The van der Waals surface area contributed by atoms with E-state index in [4.69, 9.17) is 11.6 Å². The SMILES string of the molecule is O=C(O)Cn1c(=O)n(C2CCCN(S(=O)(=O)c3ccc(F)cc3Cl)C2)c2ncccc21. The number of imidazole rings is 1. The maximum absolute atomic E-state index is 13.4. The van der Waals surface area contributed by atoms with Crippen LogP contribution in [-0.4, -0.2) is 51.0 Å². The number of fused-ring (bicyclic) bond motifs is 1. The predicted molar refractivity (Wildman–Crippen MR) is 110 cm³/mol. The van der Waals surface area contributed by atoms with Crippen molar-refractivity contribution in [1.82, 2.24) is 18.4 Å². The van der Waals surface area contributed by atoms with Crippen molar-refractivity contribution in [3.8, 4) is 0 Å². The van der Waals surface area contributed by atoms with Gasteiger partial charge in [-0.2, -0.15) is 4.31 Å². The summed E-state index contributed by atoms with van der Waals surface area (Å²) < 4.78 is 43.3. The Hall–Kier alpha value is -2.76. The van der Waals surface area contributed by atoms with Crippen molar-refractivity contribution in [3.63, 3.8) is 0 Å². The summed E-state index contributed by atoms with van der Waals surface area (Å²) >= 11 is 5.97. The van der Waals surface area contributed by atoms with E-state index in [2.05, 4.69) is 4.98 Å². The smallest absolute Gasteiger partial charge is 0.331 e. The molecule has 0 radical (unpaired) electrons. The van der Waals surface area contributed by atoms with Crippen molar-refractivity contribution < 1.29 is 22.7 Å². The molecular formula is C19H18ClFN4O5S. The molecule has 1 aliphatic heterocycles. The molecule has 1 N–H and O–H groups in total. The van der Waals surface area contributed by atoms with Crippen molar-refractivity contribution in [2.45, 2.75) is 30.3 Å². The number of carbonyl (C=O) groups is 1. The lowest BCUT2D eigenvalue weighted by Gasteiger charge is -2.32. The summed E-state index contributed by atoms with van der Waals surface area (Å²) in [6.07, 6.45) is 2.46. The Labute approximate surface area is 181 Å². The highest BCUT2D eigenvalue weighted by Gasteiger charge is 2.34. The fraction of sp³-hybridized carbons (Fsp3) is 0.316. The molecule has 31 heavy (non-hydrogen) atoms. The molecule has 0 saturated carbocycles. The third-order valence-corrected chi connectivity index (χ3v) is 7.60. The van der Waals surface area contributed by atoms with Crippen LogP contribution in [0.1, 0.15) is 18.9 Å². The van der Waals surface area contributed by atoms with Crippen molar-refractivity contribution in [2.24, 2.45) is 0 Å². The average molecular weight is 469 g/mol. The lowest BCUT2D eigenvalue weighted by atomic mass is 10.1. The number of piperidine rings is 1. The summed E-state index contributed by atoms with van der Waals surface area (Å²) in [5.41, 5.74) is 0.0782. The molecule has 1 unspecified atom stereocenters. The van der Waals surface area contributed by atoms with Gasteiger partial charge in [-0.15, -0.1) is 0 Å². The highest BCUT2D eigenvalue weighted by Crippen LogP contribution is 2.31. The van der Waals surface area contributed by atoms with Crippen molar-refractivity contribution in [3.05, 3.63) is 57.9 Å². The van der Waals surface area contributed by atoms with E-state index in [9.17, 15) is 27.5 Å². The predicted octanol–water partition coefficient (Wildman–Crippen LogP) is 2.10. The molecule has 0 bridgehead atoms. The van der Waals surface area contributed by atoms with Crippen LogP contribution in [-0.2, 0) is 21.4 Å². The monoisotopic (exact) mass is 468 g/mol. The van der Waals surface area contributed by atoms with E-state index in [0.29, 0.717) is 18.4 Å². The molecule has 3 heterocycles. The summed E-state index contributed by atoms with van der Waals surface area (Å²) in [6, 6.07) is 5.71. The number of sulfonamides is 1. The number of pyridine rings is 1. The Kier molecular flexibility index (Phi) is 5.58. The van der Waals surface area contributed by atoms with Crippen LogP contribution in [0, 0.1) is 5.82 Å². The third-order valence-electron chi connectivity index (χ3n) is 5.25. The number of hydrogen-bond donors (Lipinski definition) is 1. The van der Waals surface area contributed by atoms with E-state index < -0.39 is 40.1 Å². The van der Waals surface area contributed by atoms with Gasteiger partial charge in [0.2, 0.25) is 10.0 Å². The summed E-state index contributed by atoms with van der Waals surface area (Å²) in [4.78, 5) is 28.3. The van der Waals surface area contributed by atoms with Gasteiger partial charge in [0, 0.05) is 19.3 Å². The number of aliphatic carboxylic acids is 1. The molecule has 0 amide bonds. The fourth-order valence-electron chi connectivity index (χ4n) is 3.90. The van der Waals surface area contributed by atoms with Crippen LogP contribution >= 0.6 is 11.6 Å². The average Bonchev–Trinajstić information content (AvgIpc) is 2.99. The van der Waals surface area contributed by atoms with Crippen LogP contribution in [0.2, 0.25) is 5.02 Å². The summed E-state index contributed by atoms with van der Waals surface area (Å²) in [7, 11) is -4.03. The second kappa shape index (κ2) is 8.06. The van der Waals surface area contributed by atoms with Crippen LogP contribution < -0.4 is 5.69 Å². The van der Waals surface area contributed by atoms with E-state index in [1.807, 2.05) is 0 Å². The quantitative estimate of drug-likeness (QED) is 0.613. The van der Waals surface area contributed by atoms with Gasteiger partial charge in [0.25, 0.3) is 0 Å². The molecule has 0 spiro atoms. The number of rotatable bonds is 5. The molecule has 1 fully saturated rings. The molecule has 1 aliphatic rings. The molecule has 1 saturated heterocycles. The van der Waals surface area contributed by atoms with Gasteiger partial charge in [0.1, 0.15) is 17.3 Å². The van der Waals surface area contributed by atoms with E-state index >= 15 is 0 Å². The molecule has 2 aromatic heterocycles. The highest BCUT2D eigenvalue weighted by atomic mass is 35.5. The van der Waals surface area contributed by atoms with Crippen molar-refractivity contribution in [1.29, 1.82) is 0 Å². The zero-order valence-corrected chi connectivity index (χ0v) is 17.7. The topological polar surface area (TPSA) is 114 Å². The lowest BCUT2D eigenvalue weighted by molar-refractivity contribution is -0.137. The second-order valence-corrected chi connectivity index (χ2v) is 9.53. The number of benzene rings is 1. The molecule has 164 valence electrons. The van der Waals surface area contributed by atoms with E-state index in [1.54, 1.807) is 12.1 Å². The maximum atomic E-state index is 13.4. The first kappa shape index (κ1) is 21.5. The molecule has 3 aromatic rings. The summed E-state index contributed by atoms with van der Waals surface area (Å²) in [5, 5.41) is 8.95. The van der Waals surface area contributed by atoms with Crippen LogP contribution in [0.25, 0.3) is 11.2 Å². The zero-order valence-electron chi connectivity index (χ0n) is 16.1. The van der Waals surface area contributed by atoms with E-state index in [-0.39, 0.29) is 28.7 Å². The van der Waals surface area contributed by atoms with Gasteiger partial charge < -0.3 is 5.11 Å². The van der Waals surface area contributed by atoms with E-state index in [1.165, 1.54) is 15.1 Å². The molecule has 9 nitrogen and oxygen atoms in total. The Morgan fingerprint density at radius 3 is 2.81 bits per heavy atom. The first-order valence-electron chi connectivity index (χ1n) is 9.43. The highest BCUT2D eigenvalue weighted by molar-refractivity contribution is 7.89. The zero-order chi connectivity index (χ0) is 22.3. The number of carboxylic acids is 1. The Morgan fingerprint density at radius 2 is 2.10 bits per heavy atom. The van der Waals surface area contributed by atoms with Gasteiger partial charge in [-0.1, -0.05) is 11.6 Å². The van der Waals surface area contributed by atoms with E-state index in [0.717, 1.165) is 22.8 Å². The van der Waals surface area contributed by atoms with Crippen LogP contribution in [0.4, 0.5) is 4.39 Å². The number of aromatic nitrogens is 3. The van der Waals surface area contributed by atoms with Gasteiger partial charge in [-0.05, 0) is 43.2 Å². The lowest BCUT2D eigenvalue weighted by Crippen LogP contribution is -2.43. The number of hydrogen-bond acceptors (Lipinski definition) is 5. The first-order chi connectivity index (χ1) is 14.7. The van der Waals surface area contributed by atoms with Gasteiger partial charge in [0.05, 0.1) is 16.6 Å². The third kappa shape index (κ3) is 3.84. The molecule has 0 aliphatic carbocycles. The number of nitrogens with zero attached hydrogens (tertiary/aromatic N) is 4. The molecule has 4 rings (SSSR count). The van der Waals surface area contributed by atoms with Crippen LogP contribution in [0.15, 0.2) is 46.2 Å². The van der Waals surface area contributed by atoms with Crippen molar-refractivity contribution in [2.75, 3.05) is 13.1 Å². The Bertz CT molecular complexity index is 1340. The fourth-order valence-corrected chi connectivity index (χ4v) is 5.92. The van der Waals surface area contributed by atoms with Gasteiger partial charge in [-0.3, -0.25) is 13.9 Å². The molecule has 1 atom stereocenters. The summed E-state index contributed by atoms with van der Waals surface area (Å²) in [5.74, 6) is -1.83. The molecule has 1 aromatic carbocycles. The first-order valence-corrected chi connectivity index (χ1v) is 11.2. The minimum atomic E-state index is -4.03. The number of carboxylic acid groups (broad SMARTS) is 1. The van der Waals surface area contributed by atoms with Gasteiger partial charge >= 0.3 is 11.7 Å². The largest absolute Gasteiger partial charge is 0.480 e. The minimum Gasteiger partial charge on any atom is -0.480 e. The normalized spacial score (nSPS) is 17.8. The Balaban J connectivity index is 1.74. The standard InChI is InChI=1S/C19H18ClFN4O5S/c20-14-9-12(21)5-6-16(14)31(29,30)23-8-2-3-13(10-23)25-18-15(4-1-7-22-18)24(19(25)28)11-17(26)27/h1,4-7,9,13H,2-3,8,10-11H2,(H,26,27). The van der Waals surface area contributed by atoms with Crippen molar-refractivity contribution >= 4 is 38.8 Å². The minimum absolute atomic E-state index is 0.0291. The van der Waals surface area contributed by atoms with Gasteiger partial charge in [-0.25, -0.2) is 22.6 Å². The van der Waals surface area contributed by atoms with Gasteiger partial charge in [0.15, 0.2) is 5.65 Å². The number of halogens is 2.